The highest BCUT2D eigenvalue weighted by Gasteiger charge is 2.24. The molecule has 0 aromatic rings. The second kappa shape index (κ2) is 8.38. The minimum Gasteiger partial charge on any atom is -0.402 e. The van der Waals surface area contributed by atoms with Crippen molar-refractivity contribution in [1.82, 2.24) is 0 Å². The molecule has 0 unspecified atom stereocenters. The first-order valence-corrected chi connectivity index (χ1v) is 5.76. The number of hydrogen-bond acceptors (Lipinski definition) is 4. The molecule has 0 radical (unpaired) electrons. The zero-order valence-electron chi connectivity index (χ0n) is 6.66. The number of carbonyl (C=O) groups is 2. The van der Waals surface area contributed by atoms with E-state index in [9.17, 15) is 9.59 Å². The third kappa shape index (κ3) is 24.5. The molecular formula is C4Cl8O4. The molecule has 0 aliphatic rings. The largest absolute Gasteiger partial charge is 0.407 e. The lowest BCUT2D eigenvalue weighted by Crippen LogP contribution is -2.09. The minimum atomic E-state index is -2.04. The molecule has 96 valence electrons. The van der Waals surface area contributed by atoms with Crippen molar-refractivity contribution < 1.29 is 19.1 Å². The molecule has 0 saturated carbocycles. The summed E-state index contributed by atoms with van der Waals surface area (Å²) in [4.78, 5) is 19.5. The summed E-state index contributed by atoms with van der Waals surface area (Å²) in [5.74, 6) is 0. The molecule has 12 heteroatoms. The molecular weight excluding hydrogens is 396 g/mol. The highest BCUT2D eigenvalue weighted by Crippen LogP contribution is 2.28. The molecule has 0 bridgehead atoms. The number of halogens is 8. The maximum Gasteiger partial charge on any atom is 0.407 e. The Morgan fingerprint density at radius 3 is 0.875 bits per heavy atom. The van der Waals surface area contributed by atoms with Crippen LogP contribution < -0.4 is 0 Å². The second-order valence-electron chi connectivity index (χ2n) is 1.57. The Hall–Kier alpha value is 1.26. The highest BCUT2D eigenvalue weighted by atomic mass is 35.6. The lowest BCUT2D eigenvalue weighted by molar-refractivity contribution is 0.171. The molecule has 4 nitrogen and oxygen atoms in total. The average molecular weight is 396 g/mol. The summed E-state index contributed by atoms with van der Waals surface area (Å²) in [6.45, 7) is 0. The molecule has 0 amide bonds. The molecule has 0 atom stereocenters. The molecule has 0 heterocycles. The van der Waals surface area contributed by atoms with Gasteiger partial charge < -0.3 is 9.47 Å². The summed E-state index contributed by atoms with van der Waals surface area (Å²) in [6.07, 6.45) is 0. The van der Waals surface area contributed by atoms with Crippen LogP contribution in [0, 0.1) is 0 Å². The van der Waals surface area contributed by atoms with Crippen molar-refractivity contribution in [3.8, 4) is 0 Å². The van der Waals surface area contributed by atoms with Crippen molar-refractivity contribution in [2.75, 3.05) is 0 Å². The summed E-state index contributed by atoms with van der Waals surface area (Å²) in [6, 6.07) is 0. The molecule has 0 aliphatic heterocycles. The molecule has 0 aliphatic carbocycles. The Morgan fingerprint density at radius 2 is 0.875 bits per heavy atom. The quantitative estimate of drug-likeness (QED) is 0.408. The van der Waals surface area contributed by atoms with E-state index in [0.29, 0.717) is 0 Å². The van der Waals surface area contributed by atoms with Gasteiger partial charge in [0.2, 0.25) is 0 Å². The van der Waals surface area contributed by atoms with E-state index in [4.69, 9.17) is 69.6 Å². The van der Waals surface area contributed by atoms with E-state index in [0.717, 1.165) is 0 Å². The van der Waals surface area contributed by atoms with Crippen LogP contribution in [0.15, 0.2) is 0 Å². The summed E-state index contributed by atoms with van der Waals surface area (Å²) < 4.78 is 3.64. The summed E-state index contributed by atoms with van der Waals surface area (Å²) in [5.41, 5.74) is -2.30. The average Bonchev–Trinajstić information content (AvgIpc) is 1.72. The van der Waals surface area contributed by atoms with Gasteiger partial charge in [0.1, 0.15) is 0 Å². The van der Waals surface area contributed by atoms with Gasteiger partial charge in [-0.3, -0.25) is 0 Å². The van der Waals surface area contributed by atoms with E-state index in [2.05, 4.69) is 32.7 Å². The van der Waals surface area contributed by atoms with Gasteiger partial charge in [-0.05, 0) is 69.6 Å². The monoisotopic (exact) mass is 392 g/mol. The lowest BCUT2D eigenvalue weighted by atomic mass is 11.4. The molecule has 0 aromatic carbocycles. The molecule has 0 fully saturated rings. The Balaban J connectivity index is 0. The zero-order valence-corrected chi connectivity index (χ0v) is 12.7. The van der Waals surface area contributed by atoms with Crippen LogP contribution in [0.4, 0.5) is 9.59 Å². The van der Waals surface area contributed by atoms with Crippen LogP contribution in [-0.2, 0) is 9.47 Å². The predicted octanol–water partition coefficient (Wildman–Crippen LogP) is 5.38. The van der Waals surface area contributed by atoms with Crippen LogP contribution in [0.25, 0.3) is 0 Å². The first-order chi connectivity index (χ1) is 6.83. The van der Waals surface area contributed by atoms with Crippen LogP contribution in [0.5, 0.6) is 0 Å². The van der Waals surface area contributed by atoms with Gasteiger partial charge in [0, 0.05) is 23.2 Å². The number of carbonyl (C=O) groups excluding carboxylic acids is 2. The smallest absolute Gasteiger partial charge is 0.402 e. The van der Waals surface area contributed by atoms with E-state index >= 15 is 0 Å². The highest BCUT2D eigenvalue weighted by molar-refractivity contribution is 6.69. The Morgan fingerprint density at radius 1 is 0.688 bits per heavy atom. The van der Waals surface area contributed by atoms with Gasteiger partial charge in [0.05, 0.1) is 0 Å². The van der Waals surface area contributed by atoms with Crippen molar-refractivity contribution in [3.05, 3.63) is 0 Å². The van der Waals surface area contributed by atoms with Crippen LogP contribution in [0.1, 0.15) is 0 Å². The van der Waals surface area contributed by atoms with Crippen LogP contribution in [0.2, 0.25) is 0 Å². The summed E-state index contributed by atoms with van der Waals surface area (Å²) in [5, 5.41) is 0. The van der Waals surface area contributed by atoms with Crippen molar-refractivity contribution in [1.29, 1.82) is 0 Å². The first kappa shape index (κ1) is 19.6. The van der Waals surface area contributed by atoms with Gasteiger partial charge in [-0.2, -0.15) is 0 Å². The van der Waals surface area contributed by atoms with E-state index < -0.39 is 18.8 Å². The molecule has 0 saturated heterocycles. The number of rotatable bonds is 0. The maximum absolute atomic E-state index is 9.75. The van der Waals surface area contributed by atoms with Gasteiger partial charge in [-0.1, -0.05) is 0 Å². The van der Waals surface area contributed by atoms with Crippen LogP contribution in [0.3, 0.4) is 0 Å². The van der Waals surface area contributed by atoms with Crippen LogP contribution >= 0.6 is 92.8 Å². The predicted molar refractivity (Wildman–Crippen MR) is 65.2 cm³/mol. The van der Waals surface area contributed by atoms with Gasteiger partial charge in [-0.25, -0.2) is 9.59 Å². The van der Waals surface area contributed by atoms with Crippen molar-refractivity contribution in [2.24, 2.45) is 0 Å². The van der Waals surface area contributed by atoms with Crippen LogP contribution in [-0.4, -0.2) is 18.8 Å². The summed E-state index contributed by atoms with van der Waals surface area (Å²) in [7, 11) is 0. The topological polar surface area (TPSA) is 52.6 Å². The fourth-order valence-electron chi connectivity index (χ4n) is 0.182. The maximum atomic E-state index is 9.75. The lowest BCUT2D eigenvalue weighted by Gasteiger charge is -2.06. The second-order valence-corrected chi connectivity index (χ2v) is 6.54. The number of hydrogen-bond donors (Lipinski definition) is 0. The molecule has 16 heavy (non-hydrogen) atoms. The van der Waals surface area contributed by atoms with Gasteiger partial charge in [0.15, 0.2) is 0 Å². The van der Waals surface area contributed by atoms with Gasteiger partial charge in [0.25, 0.3) is 0 Å². The molecule has 0 N–H and O–H groups in total. The SMILES string of the molecule is O=C(Cl)OC(Cl)(Cl)Cl.O=C(Cl)OC(Cl)(Cl)Cl. The third-order valence-corrected chi connectivity index (χ3v) is 1.01. The normalized spacial score (nSPS) is 11.0. The van der Waals surface area contributed by atoms with E-state index in [1.807, 2.05) is 0 Å². The Kier molecular flexibility index (Phi) is 10.3. The molecule has 0 spiro atoms. The number of alkyl halides is 6. The third-order valence-electron chi connectivity index (χ3n) is 0.392. The fraction of sp³-hybridized carbons (Fsp3) is 0.500. The first-order valence-electron chi connectivity index (χ1n) is 2.74. The summed E-state index contributed by atoms with van der Waals surface area (Å²) >= 11 is 38.9. The molecule has 0 rings (SSSR count). The minimum absolute atomic E-state index is 1.15. The standard InChI is InChI=1S/2C2Cl4O2/c2*3-1(7)8-2(4,5)6. The van der Waals surface area contributed by atoms with Crippen molar-refractivity contribution in [3.63, 3.8) is 0 Å². The van der Waals surface area contributed by atoms with Crippen molar-refractivity contribution in [2.45, 2.75) is 7.96 Å². The Labute approximate surface area is 130 Å². The van der Waals surface area contributed by atoms with E-state index in [-0.39, 0.29) is 0 Å². The van der Waals surface area contributed by atoms with E-state index in [1.165, 1.54) is 0 Å². The zero-order chi connectivity index (χ0) is 13.6. The molecule has 0 aromatic heterocycles. The van der Waals surface area contributed by atoms with Gasteiger partial charge in [-0.15, -0.1) is 0 Å². The fourth-order valence-corrected chi connectivity index (χ4v) is 1.07. The van der Waals surface area contributed by atoms with Crippen molar-refractivity contribution >= 4 is 104 Å². The van der Waals surface area contributed by atoms with Gasteiger partial charge >= 0.3 is 18.8 Å². The van der Waals surface area contributed by atoms with E-state index in [1.54, 1.807) is 0 Å². The number of ether oxygens (including phenoxy) is 2. The Bertz CT molecular complexity index is 215.